The molecule has 1 unspecified atom stereocenters. The third-order valence-electron chi connectivity index (χ3n) is 3.45. The van der Waals surface area contributed by atoms with Gasteiger partial charge in [-0.2, -0.15) is 0 Å². The van der Waals surface area contributed by atoms with E-state index < -0.39 is 0 Å². The van der Waals surface area contributed by atoms with Crippen LogP contribution in [0.15, 0.2) is 29.2 Å². The zero-order valence-corrected chi connectivity index (χ0v) is 12.3. The molecule has 0 radical (unpaired) electrons. The molecule has 0 aliphatic carbocycles. The Morgan fingerprint density at radius 2 is 2.11 bits per heavy atom. The Morgan fingerprint density at radius 3 is 2.79 bits per heavy atom. The first kappa shape index (κ1) is 14.4. The lowest BCUT2D eigenvalue weighted by Crippen LogP contribution is -2.36. The van der Waals surface area contributed by atoms with Crippen molar-refractivity contribution in [2.24, 2.45) is 5.73 Å². The first-order chi connectivity index (χ1) is 9.16. The van der Waals surface area contributed by atoms with Gasteiger partial charge in [0.05, 0.1) is 5.75 Å². The number of likely N-dealkylation sites (tertiary alicyclic amines) is 1. The summed E-state index contributed by atoms with van der Waals surface area (Å²) in [7, 11) is 0. The van der Waals surface area contributed by atoms with E-state index in [1.165, 1.54) is 6.42 Å². The monoisotopic (exact) mass is 278 g/mol. The van der Waals surface area contributed by atoms with Gasteiger partial charge in [-0.3, -0.25) is 4.79 Å². The van der Waals surface area contributed by atoms with Gasteiger partial charge in [-0.05, 0) is 43.9 Å². The molecular formula is C15H22N2OS. The molecule has 104 valence electrons. The summed E-state index contributed by atoms with van der Waals surface area (Å²) in [6, 6.07) is 8.20. The van der Waals surface area contributed by atoms with Crippen LogP contribution in [0.25, 0.3) is 0 Å². The van der Waals surface area contributed by atoms with Crippen LogP contribution < -0.4 is 5.73 Å². The van der Waals surface area contributed by atoms with E-state index in [9.17, 15) is 4.79 Å². The normalized spacial score (nSPS) is 17.3. The lowest BCUT2D eigenvalue weighted by Gasteiger charge is -2.26. The van der Waals surface area contributed by atoms with Gasteiger partial charge in [-0.1, -0.05) is 12.1 Å². The number of benzene rings is 1. The second kappa shape index (κ2) is 6.96. The zero-order valence-electron chi connectivity index (χ0n) is 11.5. The highest BCUT2D eigenvalue weighted by molar-refractivity contribution is 8.00. The second-order valence-electron chi connectivity index (χ2n) is 5.09. The third kappa shape index (κ3) is 4.25. The highest BCUT2D eigenvalue weighted by Crippen LogP contribution is 2.22. The summed E-state index contributed by atoms with van der Waals surface area (Å²) in [6.07, 6.45) is 3.56. The minimum Gasteiger partial charge on any atom is -0.342 e. The van der Waals surface area contributed by atoms with E-state index in [1.54, 1.807) is 11.8 Å². The molecule has 19 heavy (non-hydrogen) atoms. The van der Waals surface area contributed by atoms with Crippen molar-refractivity contribution in [2.75, 3.05) is 18.8 Å². The number of amides is 1. The Balaban J connectivity index is 1.87. The smallest absolute Gasteiger partial charge is 0.232 e. The van der Waals surface area contributed by atoms with Crippen molar-refractivity contribution >= 4 is 17.7 Å². The van der Waals surface area contributed by atoms with Crippen LogP contribution in [-0.2, 0) is 4.79 Å². The number of hydrogen-bond acceptors (Lipinski definition) is 3. The van der Waals surface area contributed by atoms with E-state index in [4.69, 9.17) is 5.73 Å². The molecule has 0 saturated carbocycles. The summed E-state index contributed by atoms with van der Waals surface area (Å²) >= 11 is 1.61. The van der Waals surface area contributed by atoms with Gasteiger partial charge in [0, 0.05) is 24.0 Å². The molecule has 1 aliphatic rings. The maximum Gasteiger partial charge on any atom is 0.232 e. The lowest BCUT2D eigenvalue weighted by atomic mass is 10.1. The summed E-state index contributed by atoms with van der Waals surface area (Å²) in [4.78, 5) is 15.2. The van der Waals surface area contributed by atoms with Crippen LogP contribution in [0.2, 0.25) is 0 Å². The maximum atomic E-state index is 12.1. The van der Waals surface area contributed by atoms with Crippen molar-refractivity contribution in [3.05, 3.63) is 29.8 Å². The SMILES string of the molecule is CC(N)c1cccc(SCC(=O)N2CCCCC2)c1. The average molecular weight is 278 g/mol. The van der Waals surface area contributed by atoms with Crippen molar-refractivity contribution in [3.63, 3.8) is 0 Å². The molecule has 1 heterocycles. The van der Waals surface area contributed by atoms with Crippen LogP contribution in [0.3, 0.4) is 0 Å². The molecule has 1 atom stereocenters. The fourth-order valence-electron chi connectivity index (χ4n) is 2.27. The fraction of sp³-hybridized carbons (Fsp3) is 0.533. The van der Waals surface area contributed by atoms with E-state index in [-0.39, 0.29) is 11.9 Å². The molecule has 1 aromatic carbocycles. The molecule has 1 fully saturated rings. The van der Waals surface area contributed by atoms with Crippen LogP contribution in [0.5, 0.6) is 0 Å². The van der Waals surface area contributed by atoms with Crippen LogP contribution in [0.4, 0.5) is 0 Å². The van der Waals surface area contributed by atoms with Crippen molar-refractivity contribution in [3.8, 4) is 0 Å². The summed E-state index contributed by atoms with van der Waals surface area (Å²) < 4.78 is 0. The minimum atomic E-state index is 0.0401. The molecule has 1 saturated heterocycles. The van der Waals surface area contributed by atoms with Crippen LogP contribution in [-0.4, -0.2) is 29.6 Å². The predicted octanol–water partition coefficient (Wildman–Crippen LogP) is 2.81. The molecule has 1 amide bonds. The molecule has 4 heteroatoms. The first-order valence-electron chi connectivity index (χ1n) is 6.93. The average Bonchev–Trinajstić information content (AvgIpc) is 2.46. The number of piperidine rings is 1. The number of carbonyl (C=O) groups is 1. The van der Waals surface area contributed by atoms with E-state index in [0.29, 0.717) is 5.75 Å². The Kier molecular flexibility index (Phi) is 5.28. The number of rotatable bonds is 4. The third-order valence-corrected chi connectivity index (χ3v) is 4.43. The highest BCUT2D eigenvalue weighted by atomic mass is 32.2. The van der Waals surface area contributed by atoms with Gasteiger partial charge in [0.15, 0.2) is 0 Å². The van der Waals surface area contributed by atoms with Gasteiger partial charge >= 0.3 is 0 Å². The number of nitrogens with two attached hydrogens (primary N) is 1. The Labute approximate surface area is 119 Å². The molecule has 2 N–H and O–H groups in total. The summed E-state index contributed by atoms with van der Waals surface area (Å²) in [5.74, 6) is 0.790. The number of nitrogens with zero attached hydrogens (tertiary/aromatic N) is 1. The summed E-state index contributed by atoms with van der Waals surface area (Å²) in [6.45, 7) is 3.83. The quantitative estimate of drug-likeness (QED) is 0.861. The zero-order chi connectivity index (χ0) is 13.7. The van der Waals surface area contributed by atoms with Crippen molar-refractivity contribution < 1.29 is 4.79 Å². The second-order valence-corrected chi connectivity index (χ2v) is 6.14. The van der Waals surface area contributed by atoms with Crippen LogP contribution >= 0.6 is 11.8 Å². The molecule has 2 rings (SSSR count). The highest BCUT2D eigenvalue weighted by Gasteiger charge is 2.16. The van der Waals surface area contributed by atoms with Gasteiger partial charge in [-0.15, -0.1) is 11.8 Å². The van der Waals surface area contributed by atoms with Crippen molar-refractivity contribution in [2.45, 2.75) is 37.1 Å². The molecule has 0 aromatic heterocycles. The summed E-state index contributed by atoms with van der Waals surface area (Å²) in [5.41, 5.74) is 6.99. The minimum absolute atomic E-state index is 0.0401. The van der Waals surface area contributed by atoms with E-state index in [1.807, 2.05) is 30.0 Å². The van der Waals surface area contributed by atoms with Gasteiger partial charge < -0.3 is 10.6 Å². The largest absolute Gasteiger partial charge is 0.342 e. The van der Waals surface area contributed by atoms with E-state index >= 15 is 0 Å². The lowest BCUT2D eigenvalue weighted by molar-refractivity contribution is -0.129. The van der Waals surface area contributed by atoms with Gasteiger partial charge in [0.25, 0.3) is 0 Å². The Hall–Kier alpha value is -1.00. The number of thioether (sulfide) groups is 1. The molecule has 0 spiro atoms. The Bertz CT molecular complexity index is 428. The molecular weight excluding hydrogens is 256 g/mol. The molecule has 1 aliphatic heterocycles. The van der Waals surface area contributed by atoms with E-state index in [2.05, 4.69) is 6.07 Å². The maximum absolute atomic E-state index is 12.1. The fourth-order valence-corrected chi connectivity index (χ4v) is 3.13. The molecule has 0 bridgehead atoms. The Morgan fingerprint density at radius 1 is 1.37 bits per heavy atom. The standard InChI is InChI=1S/C15H22N2OS/c1-12(16)13-6-5-7-14(10-13)19-11-15(18)17-8-3-2-4-9-17/h5-7,10,12H,2-4,8-9,11,16H2,1H3. The van der Waals surface area contributed by atoms with Gasteiger partial charge in [-0.25, -0.2) is 0 Å². The van der Waals surface area contributed by atoms with Gasteiger partial charge in [0.1, 0.15) is 0 Å². The predicted molar refractivity (Wildman–Crippen MR) is 80.2 cm³/mol. The van der Waals surface area contributed by atoms with Crippen LogP contribution in [0.1, 0.15) is 37.8 Å². The summed E-state index contributed by atoms with van der Waals surface area (Å²) in [5, 5.41) is 0. The van der Waals surface area contributed by atoms with Crippen molar-refractivity contribution in [1.29, 1.82) is 0 Å². The number of hydrogen-bond donors (Lipinski definition) is 1. The molecule has 1 aromatic rings. The van der Waals surface area contributed by atoms with Crippen LogP contribution in [0, 0.1) is 0 Å². The number of carbonyl (C=O) groups excluding carboxylic acids is 1. The topological polar surface area (TPSA) is 46.3 Å². The molecule has 3 nitrogen and oxygen atoms in total. The van der Waals surface area contributed by atoms with Gasteiger partial charge in [0.2, 0.25) is 5.91 Å². The first-order valence-corrected chi connectivity index (χ1v) is 7.91. The van der Waals surface area contributed by atoms with Crippen molar-refractivity contribution in [1.82, 2.24) is 4.90 Å². The van der Waals surface area contributed by atoms with E-state index in [0.717, 1.165) is 36.4 Å².